The molecular formula is C6H10N4O2. The molecule has 1 aromatic heterocycles. The lowest BCUT2D eigenvalue weighted by Crippen LogP contribution is -2.07. The second-order valence-corrected chi connectivity index (χ2v) is 2.26. The number of rotatable bonds is 1. The number of aromatic nitrogens is 2. The lowest BCUT2D eigenvalue weighted by atomic mass is 10.3. The Kier molecular flexibility index (Phi) is 1.90. The summed E-state index contributed by atoms with van der Waals surface area (Å²) in [4.78, 5) is 11.0. The van der Waals surface area contributed by atoms with Crippen LogP contribution in [0.25, 0.3) is 0 Å². The van der Waals surface area contributed by atoms with Gasteiger partial charge < -0.3 is 16.2 Å². The van der Waals surface area contributed by atoms with Gasteiger partial charge in [0.1, 0.15) is 11.4 Å². The fourth-order valence-electron chi connectivity index (χ4n) is 0.870. The second kappa shape index (κ2) is 2.72. The van der Waals surface area contributed by atoms with E-state index in [1.54, 1.807) is 7.05 Å². The Bertz CT molecular complexity index is 318. The zero-order chi connectivity index (χ0) is 9.30. The van der Waals surface area contributed by atoms with Crippen LogP contribution in [0.1, 0.15) is 10.4 Å². The van der Waals surface area contributed by atoms with Crippen LogP contribution in [0.15, 0.2) is 0 Å². The average Bonchev–Trinajstić information content (AvgIpc) is 2.26. The number of carbonyl (C=O) groups excluding carboxylic acids is 1. The molecule has 66 valence electrons. The number of nitrogen functional groups attached to an aromatic ring is 2. The smallest absolute Gasteiger partial charge is 0.345 e. The minimum absolute atomic E-state index is 0.0850. The second-order valence-electron chi connectivity index (χ2n) is 2.26. The molecule has 0 unspecified atom stereocenters. The van der Waals surface area contributed by atoms with E-state index >= 15 is 0 Å². The van der Waals surface area contributed by atoms with E-state index in [0.29, 0.717) is 0 Å². The summed E-state index contributed by atoms with van der Waals surface area (Å²) in [7, 11) is 2.85. The molecule has 1 rings (SSSR count). The highest BCUT2D eigenvalue weighted by Gasteiger charge is 2.18. The molecule has 6 nitrogen and oxygen atoms in total. The largest absolute Gasteiger partial charge is 0.465 e. The number of ether oxygens (including phenoxy) is 1. The maximum absolute atomic E-state index is 11.0. The lowest BCUT2D eigenvalue weighted by Gasteiger charge is -1.97. The van der Waals surface area contributed by atoms with Gasteiger partial charge in [-0.2, -0.15) is 5.10 Å². The number of aryl methyl sites for hydroxylation is 1. The van der Waals surface area contributed by atoms with Crippen LogP contribution in [0.3, 0.4) is 0 Å². The summed E-state index contributed by atoms with van der Waals surface area (Å²) in [5.74, 6) is -0.278. The Hall–Kier alpha value is -1.72. The third kappa shape index (κ3) is 1.07. The molecule has 0 aliphatic rings. The van der Waals surface area contributed by atoms with E-state index in [1.807, 2.05) is 0 Å². The first-order chi connectivity index (χ1) is 5.57. The van der Waals surface area contributed by atoms with Crippen LogP contribution in [0, 0.1) is 0 Å². The first-order valence-corrected chi connectivity index (χ1v) is 3.24. The van der Waals surface area contributed by atoms with E-state index in [9.17, 15) is 4.79 Å². The monoisotopic (exact) mass is 170 g/mol. The summed E-state index contributed by atoms with van der Waals surface area (Å²) in [5, 5.41) is 3.75. The Labute approximate surface area is 69.1 Å². The molecule has 1 aromatic rings. The Morgan fingerprint density at radius 2 is 2.17 bits per heavy atom. The normalized spacial score (nSPS) is 9.83. The van der Waals surface area contributed by atoms with Crippen LogP contribution in [-0.4, -0.2) is 22.9 Å². The molecule has 0 bridgehead atoms. The number of nitrogens with zero attached hydrogens (tertiary/aromatic N) is 2. The van der Waals surface area contributed by atoms with Gasteiger partial charge in [-0.3, -0.25) is 4.68 Å². The zero-order valence-corrected chi connectivity index (χ0v) is 6.87. The minimum Gasteiger partial charge on any atom is -0.465 e. The minimum atomic E-state index is -0.571. The fourth-order valence-corrected chi connectivity index (χ4v) is 0.870. The van der Waals surface area contributed by atoms with Crippen molar-refractivity contribution in [2.75, 3.05) is 18.6 Å². The van der Waals surface area contributed by atoms with Gasteiger partial charge in [-0.05, 0) is 0 Å². The van der Waals surface area contributed by atoms with E-state index in [2.05, 4.69) is 9.84 Å². The van der Waals surface area contributed by atoms with Crippen molar-refractivity contribution in [2.45, 2.75) is 0 Å². The summed E-state index contributed by atoms with van der Waals surface area (Å²) in [6, 6.07) is 0. The molecule has 1 heterocycles. The Morgan fingerprint density at radius 3 is 2.50 bits per heavy atom. The molecule has 12 heavy (non-hydrogen) atoms. The molecule has 0 amide bonds. The van der Waals surface area contributed by atoms with Crippen LogP contribution in [-0.2, 0) is 11.8 Å². The highest BCUT2D eigenvalue weighted by Crippen LogP contribution is 2.18. The molecule has 0 aliphatic heterocycles. The molecular weight excluding hydrogens is 160 g/mol. The zero-order valence-electron chi connectivity index (χ0n) is 6.87. The van der Waals surface area contributed by atoms with Gasteiger partial charge in [0.2, 0.25) is 0 Å². The fraction of sp³-hybridized carbons (Fsp3) is 0.333. The van der Waals surface area contributed by atoms with Crippen molar-refractivity contribution in [1.29, 1.82) is 0 Å². The van der Waals surface area contributed by atoms with Gasteiger partial charge in [-0.25, -0.2) is 4.79 Å². The van der Waals surface area contributed by atoms with Crippen LogP contribution in [0.4, 0.5) is 11.6 Å². The molecule has 0 radical (unpaired) electrons. The van der Waals surface area contributed by atoms with E-state index in [4.69, 9.17) is 11.5 Å². The molecule has 6 heteroatoms. The maximum atomic E-state index is 11.0. The molecule has 0 fully saturated rings. The SMILES string of the molecule is COC(=O)c1c(N)nn(C)c1N. The van der Waals surface area contributed by atoms with E-state index < -0.39 is 5.97 Å². The number of carbonyl (C=O) groups is 1. The molecule has 4 N–H and O–H groups in total. The van der Waals surface area contributed by atoms with Crippen molar-refractivity contribution in [3.63, 3.8) is 0 Å². The van der Waals surface area contributed by atoms with Crippen LogP contribution in [0.5, 0.6) is 0 Å². The van der Waals surface area contributed by atoms with Gasteiger partial charge in [0.05, 0.1) is 7.11 Å². The summed E-state index contributed by atoms with van der Waals surface area (Å²) >= 11 is 0. The molecule has 0 aliphatic carbocycles. The van der Waals surface area contributed by atoms with Crippen LogP contribution in [0.2, 0.25) is 0 Å². The highest BCUT2D eigenvalue weighted by atomic mass is 16.5. The van der Waals surface area contributed by atoms with Gasteiger partial charge in [0.15, 0.2) is 5.82 Å². The predicted molar refractivity (Wildman–Crippen MR) is 43.4 cm³/mol. The van der Waals surface area contributed by atoms with Crippen LogP contribution >= 0.6 is 0 Å². The number of hydrogen-bond donors (Lipinski definition) is 2. The molecule has 0 aromatic carbocycles. The summed E-state index contributed by atoms with van der Waals surface area (Å²) in [6.45, 7) is 0. The number of anilines is 2. The van der Waals surface area contributed by atoms with Gasteiger partial charge in [-0.1, -0.05) is 0 Å². The van der Waals surface area contributed by atoms with Gasteiger partial charge >= 0.3 is 5.97 Å². The van der Waals surface area contributed by atoms with Crippen LogP contribution < -0.4 is 11.5 Å². The number of methoxy groups -OCH3 is 1. The van der Waals surface area contributed by atoms with Crippen molar-refractivity contribution >= 4 is 17.6 Å². The predicted octanol–water partition coefficient (Wildman–Crippen LogP) is -0.629. The molecule has 0 atom stereocenters. The van der Waals surface area contributed by atoms with Gasteiger partial charge in [0.25, 0.3) is 0 Å². The van der Waals surface area contributed by atoms with Crippen molar-refractivity contribution in [3.8, 4) is 0 Å². The maximum Gasteiger partial charge on any atom is 0.345 e. The number of hydrogen-bond acceptors (Lipinski definition) is 5. The summed E-state index contributed by atoms with van der Waals surface area (Å²) in [6.07, 6.45) is 0. The van der Waals surface area contributed by atoms with E-state index in [-0.39, 0.29) is 17.2 Å². The van der Waals surface area contributed by atoms with Crippen molar-refractivity contribution < 1.29 is 9.53 Å². The third-order valence-electron chi connectivity index (χ3n) is 1.51. The van der Waals surface area contributed by atoms with E-state index in [1.165, 1.54) is 11.8 Å². The highest BCUT2D eigenvalue weighted by molar-refractivity contribution is 5.98. The molecule has 0 saturated heterocycles. The van der Waals surface area contributed by atoms with Crippen molar-refractivity contribution in [1.82, 2.24) is 9.78 Å². The molecule has 0 spiro atoms. The Morgan fingerprint density at radius 1 is 1.58 bits per heavy atom. The van der Waals surface area contributed by atoms with Gasteiger partial charge in [0, 0.05) is 7.05 Å². The third-order valence-corrected chi connectivity index (χ3v) is 1.51. The number of esters is 1. The Balaban J connectivity index is 3.22. The average molecular weight is 170 g/mol. The lowest BCUT2D eigenvalue weighted by molar-refractivity contribution is 0.0603. The topological polar surface area (TPSA) is 96.2 Å². The van der Waals surface area contributed by atoms with Crippen molar-refractivity contribution in [3.05, 3.63) is 5.56 Å². The van der Waals surface area contributed by atoms with E-state index in [0.717, 1.165) is 0 Å². The summed E-state index contributed by atoms with van der Waals surface area (Å²) in [5.41, 5.74) is 11.0. The standard InChI is InChI=1S/C6H10N4O2/c1-10-5(8)3(4(7)9-10)6(11)12-2/h8H2,1-2H3,(H2,7,9). The van der Waals surface area contributed by atoms with Gasteiger partial charge in [-0.15, -0.1) is 0 Å². The quantitative estimate of drug-likeness (QED) is 0.547. The summed E-state index contributed by atoms with van der Waals surface area (Å²) < 4.78 is 5.78. The first kappa shape index (κ1) is 8.38. The van der Waals surface area contributed by atoms with Crippen molar-refractivity contribution in [2.24, 2.45) is 7.05 Å². The number of nitrogens with two attached hydrogens (primary N) is 2. The first-order valence-electron chi connectivity index (χ1n) is 3.24. The molecule has 0 saturated carbocycles.